The van der Waals surface area contributed by atoms with Gasteiger partial charge in [-0.25, -0.2) is 4.39 Å². The lowest BCUT2D eigenvalue weighted by molar-refractivity contribution is 0.266. The first-order valence-corrected chi connectivity index (χ1v) is 7.22. The molecule has 108 valence electrons. The molecular weight excluding hydrogens is 241 g/mol. The van der Waals surface area contributed by atoms with Gasteiger partial charge in [0.1, 0.15) is 5.82 Å². The second-order valence-corrected chi connectivity index (χ2v) is 4.82. The smallest absolute Gasteiger partial charge is 0.141 e. The third-order valence-electron chi connectivity index (χ3n) is 3.46. The number of hydrogen-bond donors (Lipinski definition) is 1. The van der Waals surface area contributed by atoms with E-state index in [-0.39, 0.29) is 11.9 Å². The normalized spacial score (nSPS) is 12.9. The molecule has 1 unspecified atom stereocenters. The maximum Gasteiger partial charge on any atom is 0.141 e. The van der Waals surface area contributed by atoms with Gasteiger partial charge in [0.05, 0.1) is 17.9 Å². The van der Waals surface area contributed by atoms with Gasteiger partial charge in [-0.3, -0.25) is 4.98 Å². The molecule has 1 atom stereocenters. The summed E-state index contributed by atoms with van der Waals surface area (Å²) >= 11 is 0. The lowest BCUT2D eigenvalue weighted by Crippen LogP contribution is -2.29. The van der Waals surface area contributed by atoms with Gasteiger partial charge in [0.15, 0.2) is 0 Å². The van der Waals surface area contributed by atoms with E-state index in [9.17, 15) is 4.39 Å². The first-order valence-electron chi connectivity index (χ1n) is 7.22. The lowest BCUT2D eigenvalue weighted by Gasteiger charge is -2.23. The first-order chi connectivity index (χ1) is 9.21. The fourth-order valence-corrected chi connectivity index (χ4v) is 2.15. The van der Waals surface area contributed by atoms with Gasteiger partial charge >= 0.3 is 0 Å². The maximum absolute atomic E-state index is 12.9. The molecule has 0 amide bonds. The van der Waals surface area contributed by atoms with Crippen LogP contribution in [0.3, 0.4) is 0 Å². The zero-order chi connectivity index (χ0) is 14.1. The third kappa shape index (κ3) is 5.66. The van der Waals surface area contributed by atoms with E-state index >= 15 is 0 Å². The highest BCUT2D eigenvalue weighted by Gasteiger charge is 2.12. The SMILES string of the molecule is CCCCN(CC)CCC(NC)c1ccc(F)cn1. The van der Waals surface area contributed by atoms with E-state index in [1.54, 1.807) is 6.07 Å². The molecule has 1 aromatic rings. The van der Waals surface area contributed by atoms with Gasteiger partial charge in [-0.2, -0.15) is 0 Å². The van der Waals surface area contributed by atoms with E-state index in [0.717, 1.165) is 31.7 Å². The van der Waals surface area contributed by atoms with E-state index < -0.39 is 0 Å². The minimum Gasteiger partial charge on any atom is -0.312 e. The molecule has 3 nitrogen and oxygen atoms in total. The van der Waals surface area contributed by atoms with E-state index in [1.807, 2.05) is 7.05 Å². The first kappa shape index (κ1) is 16.1. The molecule has 1 heterocycles. The monoisotopic (exact) mass is 267 g/mol. The fraction of sp³-hybridized carbons (Fsp3) is 0.667. The summed E-state index contributed by atoms with van der Waals surface area (Å²) in [7, 11) is 1.93. The largest absolute Gasteiger partial charge is 0.312 e. The molecular formula is C15H26FN3. The van der Waals surface area contributed by atoms with Crippen LogP contribution in [0.15, 0.2) is 18.3 Å². The van der Waals surface area contributed by atoms with Crippen LogP contribution >= 0.6 is 0 Å². The van der Waals surface area contributed by atoms with Crippen molar-refractivity contribution in [1.82, 2.24) is 15.2 Å². The molecule has 4 heteroatoms. The summed E-state index contributed by atoms with van der Waals surface area (Å²) in [4.78, 5) is 6.62. The zero-order valence-electron chi connectivity index (χ0n) is 12.3. The van der Waals surface area contributed by atoms with Crippen LogP contribution in [0.1, 0.15) is 44.8 Å². The van der Waals surface area contributed by atoms with Gasteiger partial charge in [0.25, 0.3) is 0 Å². The average Bonchev–Trinajstić information content (AvgIpc) is 2.44. The Labute approximate surface area is 116 Å². The van der Waals surface area contributed by atoms with Crippen LogP contribution in [0.5, 0.6) is 0 Å². The van der Waals surface area contributed by atoms with Crippen LogP contribution in [0, 0.1) is 5.82 Å². The number of pyridine rings is 1. The van der Waals surface area contributed by atoms with E-state index in [1.165, 1.54) is 25.1 Å². The van der Waals surface area contributed by atoms with Gasteiger partial charge in [0, 0.05) is 0 Å². The predicted octanol–water partition coefficient (Wildman–Crippen LogP) is 2.99. The highest BCUT2D eigenvalue weighted by molar-refractivity contribution is 5.09. The van der Waals surface area contributed by atoms with Crippen molar-refractivity contribution in [2.45, 2.75) is 39.2 Å². The molecule has 0 fully saturated rings. The Kier molecular flexibility index (Phi) is 7.60. The summed E-state index contributed by atoms with van der Waals surface area (Å²) in [6.07, 6.45) is 4.75. The maximum atomic E-state index is 12.9. The van der Waals surface area contributed by atoms with E-state index in [0.29, 0.717) is 0 Å². The van der Waals surface area contributed by atoms with Crippen LogP contribution in [0.2, 0.25) is 0 Å². The van der Waals surface area contributed by atoms with Crippen molar-refractivity contribution in [3.8, 4) is 0 Å². The zero-order valence-corrected chi connectivity index (χ0v) is 12.3. The minimum absolute atomic E-state index is 0.191. The molecule has 0 radical (unpaired) electrons. The fourth-order valence-electron chi connectivity index (χ4n) is 2.15. The Morgan fingerprint density at radius 1 is 1.32 bits per heavy atom. The van der Waals surface area contributed by atoms with Crippen LogP contribution in [0.25, 0.3) is 0 Å². The molecule has 1 aromatic heterocycles. The highest BCUT2D eigenvalue weighted by atomic mass is 19.1. The summed E-state index contributed by atoms with van der Waals surface area (Å²) in [5, 5.41) is 3.26. The van der Waals surface area contributed by atoms with Crippen molar-refractivity contribution in [1.29, 1.82) is 0 Å². The Morgan fingerprint density at radius 3 is 2.63 bits per heavy atom. The standard InChI is InChI=1S/C15H26FN3/c1-4-6-10-19(5-2)11-9-14(17-3)15-8-7-13(16)12-18-15/h7-8,12,14,17H,4-6,9-11H2,1-3H3. The van der Waals surface area contributed by atoms with Gasteiger partial charge in [-0.05, 0) is 51.7 Å². The highest BCUT2D eigenvalue weighted by Crippen LogP contribution is 2.15. The van der Waals surface area contributed by atoms with Crippen molar-refractivity contribution < 1.29 is 4.39 Å². The lowest BCUT2D eigenvalue weighted by atomic mass is 10.1. The van der Waals surface area contributed by atoms with Crippen molar-refractivity contribution in [2.24, 2.45) is 0 Å². The van der Waals surface area contributed by atoms with Crippen LogP contribution < -0.4 is 5.32 Å². The Bertz CT molecular complexity index is 340. The number of unbranched alkanes of at least 4 members (excludes halogenated alkanes) is 1. The molecule has 1 rings (SSSR count). The molecule has 0 saturated carbocycles. The van der Waals surface area contributed by atoms with Crippen molar-refractivity contribution >= 4 is 0 Å². The number of rotatable bonds is 9. The van der Waals surface area contributed by atoms with Crippen molar-refractivity contribution in [3.63, 3.8) is 0 Å². The topological polar surface area (TPSA) is 28.2 Å². The number of hydrogen-bond acceptors (Lipinski definition) is 3. The Hall–Kier alpha value is -1.00. The minimum atomic E-state index is -0.281. The molecule has 0 bridgehead atoms. The van der Waals surface area contributed by atoms with Crippen molar-refractivity contribution in [3.05, 3.63) is 29.8 Å². The third-order valence-corrected chi connectivity index (χ3v) is 3.46. The molecule has 19 heavy (non-hydrogen) atoms. The molecule has 0 aliphatic rings. The summed E-state index contributed by atoms with van der Waals surface area (Å²) < 4.78 is 12.9. The molecule has 1 N–H and O–H groups in total. The second-order valence-electron chi connectivity index (χ2n) is 4.82. The molecule has 0 spiro atoms. The van der Waals surface area contributed by atoms with Gasteiger partial charge in [0.2, 0.25) is 0 Å². The Morgan fingerprint density at radius 2 is 2.11 bits per heavy atom. The summed E-state index contributed by atoms with van der Waals surface area (Å²) in [6, 6.07) is 3.43. The van der Waals surface area contributed by atoms with Gasteiger partial charge < -0.3 is 10.2 Å². The molecule has 0 aliphatic carbocycles. The summed E-state index contributed by atoms with van der Waals surface area (Å²) in [5.41, 5.74) is 0.912. The summed E-state index contributed by atoms with van der Waals surface area (Å²) in [5.74, 6) is -0.281. The predicted molar refractivity (Wildman–Crippen MR) is 77.6 cm³/mol. The number of halogens is 1. The van der Waals surface area contributed by atoms with Crippen LogP contribution in [0.4, 0.5) is 4.39 Å². The quantitative estimate of drug-likeness (QED) is 0.745. The van der Waals surface area contributed by atoms with Crippen LogP contribution in [-0.2, 0) is 0 Å². The average molecular weight is 267 g/mol. The van der Waals surface area contributed by atoms with Crippen LogP contribution in [-0.4, -0.2) is 36.6 Å². The summed E-state index contributed by atoms with van der Waals surface area (Å²) in [6.45, 7) is 7.68. The number of aromatic nitrogens is 1. The number of nitrogens with one attached hydrogen (secondary N) is 1. The molecule has 0 saturated heterocycles. The van der Waals surface area contributed by atoms with E-state index in [4.69, 9.17) is 0 Å². The molecule has 0 aliphatic heterocycles. The van der Waals surface area contributed by atoms with Gasteiger partial charge in [-0.1, -0.05) is 20.3 Å². The van der Waals surface area contributed by atoms with E-state index in [2.05, 4.69) is 29.0 Å². The van der Waals surface area contributed by atoms with Crippen molar-refractivity contribution in [2.75, 3.05) is 26.7 Å². The molecule has 0 aromatic carbocycles. The second kappa shape index (κ2) is 8.99. The Balaban J connectivity index is 2.49. The number of nitrogens with zero attached hydrogens (tertiary/aromatic N) is 2. The van der Waals surface area contributed by atoms with Gasteiger partial charge in [-0.15, -0.1) is 0 Å².